The first-order valence-electron chi connectivity index (χ1n) is 8.55. The lowest BCUT2D eigenvalue weighted by atomic mass is 9.90. The third-order valence-electron chi connectivity index (χ3n) is 4.99. The summed E-state index contributed by atoms with van der Waals surface area (Å²) < 4.78 is 0. The van der Waals surface area contributed by atoms with E-state index in [1.165, 1.54) is 35.2 Å². The number of hydrogen-bond acceptors (Lipinski definition) is 2. The average molecular weight is 306 g/mol. The summed E-state index contributed by atoms with van der Waals surface area (Å²) in [5.41, 5.74) is 6.31. The maximum Gasteiger partial charge on any atom is 0.243 e. The number of para-hydroxylation sites is 1. The number of nitrogens with zero attached hydrogens (tertiary/aromatic N) is 1. The molecule has 4 rings (SSSR count). The number of carbonyl (C=O) groups excluding carboxylic acids is 1. The molecule has 2 aromatic rings. The number of hydrogen-bond donors (Lipinski definition) is 1. The Morgan fingerprint density at radius 2 is 1.78 bits per heavy atom. The molecule has 0 unspecified atom stereocenters. The van der Waals surface area contributed by atoms with Crippen LogP contribution in [0.25, 0.3) is 0 Å². The first kappa shape index (κ1) is 14.3. The molecule has 0 fully saturated rings. The second-order valence-corrected chi connectivity index (χ2v) is 6.50. The highest BCUT2D eigenvalue weighted by atomic mass is 16.2. The number of fused-ring (bicyclic) bond motifs is 2. The summed E-state index contributed by atoms with van der Waals surface area (Å²) in [6.45, 7) is 1.36. The largest absolute Gasteiger partial charge is 0.362 e. The molecule has 1 N–H and O–H groups in total. The van der Waals surface area contributed by atoms with Crippen molar-refractivity contribution in [3.05, 3.63) is 59.2 Å². The van der Waals surface area contributed by atoms with Crippen LogP contribution in [-0.4, -0.2) is 19.0 Å². The van der Waals surface area contributed by atoms with Crippen molar-refractivity contribution < 1.29 is 4.79 Å². The molecule has 2 aliphatic rings. The molecule has 0 bridgehead atoms. The zero-order valence-electron chi connectivity index (χ0n) is 13.3. The fraction of sp³-hybridized carbons (Fsp3) is 0.350. The molecule has 0 spiro atoms. The van der Waals surface area contributed by atoms with Gasteiger partial charge in [0.15, 0.2) is 0 Å². The monoisotopic (exact) mass is 306 g/mol. The van der Waals surface area contributed by atoms with E-state index < -0.39 is 0 Å². The number of aryl methyl sites for hydroxylation is 1. The molecule has 3 nitrogen and oxygen atoms in total. The van der Waals surface area contributed by atoms with E-state index >= 15 is 0 Å². The van der Waals surface area contributed by atoms with Crippen LogP contribution in [0, 0.1) is 0 Å². The van der Waals surface area contributed by atoms with Crippen molar-refractivity contribution in [2.75, 3.05) is 23.3 Å². The Morgan fingerprint density at radius 3 is 2.74 bits per heavy atom. The molecule has 1 amide bonds. The lowest BCUT2D eigenvalue weighted by Gasteiger charge is -2.22. The summed E-state index contributed by atoms with van der Waals surface area (Å²) in [4.78, 5) is 14.7. The molecule has 0 saturated carbocycles. The number of amides is 1. The van der Waals surface area contributed by atoms with Gasteiger partial charge >= 0.3 is 0 Å². The minimum atomic E-state index is 0.0840. The van der Waals surface area contributed by atoms with Crippen molar-refractivity contribution in [2.24, 2.45) is 0 Å². The molecule has 0 aromatic heterocycles. The van der Waals surface area contributed by atoms with Crippen molar-refractivity contribution in [1.29, 1.82) is 0 Å². The molecule has 0 radical (unpaired) electrons. The maximum atomic E-state index is 12.5. The molecule has 3 heteroatoms. The molecular weight excluding hydrogens is 284 g/mol. The van der Waals surface area contributed by atoms with Gasteiger partial charge in [0, 0.05) is 17.9 Å². The number of benzene rings is 2. The van der Waals surface area contributed by atoms with E-state index in [0.29, 0.717) is 6.54 Å². The van der Waals surface area contributed by atoms with Crippen molar-refractivity contribution in [1.82, 2.24) is 0 Å². The SMILES string of the molecule is O=C(CN1CCc2ccccc21)Nc1cccc2c1CCCC2. The molecule has 23 heavy (non-hydrogen) atoms. The van der Waals surface area contributed by atoms with Crippen molar-refractivity contribution >= 4 is 17.3 Å². The summed E-state index contributed by atoms with van der Waals surface area (Å²) in [5.74, 6) is 0.0840. The molecular formula is C20H22N2O. The van der Waals surface area contributed by atoms with Crippen LogP contribution in [0.2, 0.25) is 0 Å². The van der Waals surface area contributed by atoms with Gasteiger partial charge in [-0.3, -0.25) is 4.79 Å². The molecule has 1 aliphatic carbocycles. The highest BCUT2D eigenvalue weighted by Crippen LogP contribution is 2.29. The fourth-order valence-electron chi connectivity index (χ4n) is 3.83. The third-order valence-corrected chi connectivity index (χ3v) is 4.99. The highest BCUT2D eigenvalue weighted by Gasteiger charge is 2.21. The van der Waals surface area contributed by atoms with Crippen LogP contribution < -0.4 is 10.2 Å². The van der Waals surface area contributed by atoms with Gasteiger partial charge in [-0.1, -0.05) is 30.3 Å². The van der Waals surface area contributed by atoms with Crippen LogP contribution in [0.4, 0.5) is 11.4 Å². The smallest absolute Gasteiger partial charge is 0.243 e. The van der Waals surface area contributed by atoms with Crippen LogP contribution in [0.1, 0.15) is 29.5 Å². The first-order valence-corrected chi connectivity index (χ1v) is 8.55. The van der Waals surface area contributed by atoms with Gasteiger partial charge < -0.3 is 10.2 Å². The topological polar surface area (TPSA) is 32.3 Å². The number of carbonyl (C=O) groups is 1. The lowest BCUT2D eigenvalue weighted by molar-refractivity contribution is -0.115. The van der Waals surface area contributed by atoms with E-state index in [0.717, 1.165) is 31.5 Å². The lowest BCUT2D eigenvalue weighted by Crippen LogP contribution is -2.32. The zero-order chi connectivity index (χ0) is 15.6. The number of anilines is 2. The van der Waals surface area contributed by atoms with Crippen LogP contribution in [-0.2, 0) is 24.1 Å². The van der Waals surface area contributed by atoms with Crippen LogP contribution in [0.3, 0.4) is 0 Å². The van der Waals surface area contributed by atoms with Crippen molar-refractivity contribution in [3.8, 4) is 0 Å². The van der Waals surface area contributed by atoms with Gasteiger partial charge in [0.1, 0.15) is 0 Å². The highest BCUT2D eigenvalue weighted by molar-refractivity contribution is 5.95. The van der Waals surface area contributed by atoms with Crippen LogP contribution in [0.15, 0.2) is 42.5 Å². The Kier molecular flexibility index (Phi) is 3.78. The summed E-state index contributed by atoms with van der Waals surface area (Å²) in [7, 11) is 0. The van der Waals surface area contributed by atoms with E-state index in [1.807, 2.05) is 12.1 Å². The van der Waals surface area contributed by atoms with E-state index in [9.17, 15) is 4.79 Å². The molecule has 1 aliphatic heterocycles. The second-order valence-electron chi connectivity index (χ2n) is 6.50. The quantitative estimate of drug-likeness (QED) is 0.940. The standard InChI is InChI=1S/C20H22N2O/c23-20(14-22-13-12-16-7-2-4-11-19(16)22)21-18-10-5-8-15-6-1-3-9-17(15)18/h2,4-5,7-8,10-11H,1,3,6,9,12-14H2,(H,21,23). The molecule has 0 saturated heterocycles. The average Bonchev–Trinajstić information content (AvgIpc) is 2.98. The number of nitrogens with one attached hydrogen (secondary N) is 1. The maximum absolute atomic E-state index is 12.5. The van der Waals surface area contributed by atoms with Gasteiger partial charge in [-0.05, 0) is 60.9 Å². The van der Waals surface area contributed by atoms with Gasteiger partial charge in [-0.25, -0.2) is 0 Å². The molecule has 0 atom stereocenters. The van der Waals surface area contributed by atoms with Crippen molar-refractivity contribution in [3.63, 3.8) is 0 Å². The third kappa shape index (κ3) is 2.83. The Bertz CT molecular complexity index is 738. The minimum absolute atomic E-state index is 0.0840. The fourth-order valence-corrected chi connectivity index (χ4v) is 3.83. The van der Waals surface area contributed by atoms with Gasteiger partial charge in [-0.15, -0.1) is 0 Å². The van der Waals surface area contributed by atoms with E-state index in [1.54, 1.807) is 0 Å². The van der Waals surface area contributed by atoms with Gasteiger partial charge in [0.05, 0.1) is 6.54 Å². The Morgan fingerprint density at radius 1 is 0.957 bits per heavy atom. The van der Waals surface area contributed by atoms with E-state index in [2.05, 4.69) is 40.5 Å². The van der Waals surface area contributed by atoms with E-state index in [-0.39, 0.29) is 5.91 Å². The van der Waals surface area contributed by atoms with Gasteiger partial charge in [0.2, 0.25) is 5.91 Å². The molecule has 118 valence electrons. The van der Waals surface area contributed by atoms with Crippen LogP contribution in [0.5, 0.6) is 0 Å². The van der Waals surface area contributed by atoms with E-state index in [4.69, 9.17) is 0 Å². The van der Waals surface area contributed by atoms with Gasteiger partial charge in [-0.2, -0.15) is 0 Å². The first-order chi connectivity index (χ1) is 11.3. The Hall–Kier alpha value is -2.29. The Labute approximate surface area is 137 Å². The minimum Gasteiger partial charge on any atom is -0.362 e. The Balaban J connectivity index is 1.47. The summed E-state index contributed by atoms with van der Waals surface area (Å²) in [5, 5.41) is 3.15. The van der Waals surface area contributed by atoms with Crippen molar-refractivity contribution in [2.45, 2.75) is 32.1 Å². The molecule has 1 heterocycles. The number of rotatable bonds is 3. The predicted molar refractivity (Wildman–Crippen MR) is 94.1 cm³/mol. The normalized spacial score (nSPS) is 15.9. The summed E-state index contributed by atoms with van der Waals surface area (Å²) >= 11 is 0. The summed E-state index contributed by atoms with van der Waals surface area (Å²) in [6.07, 6.45) is 5.73. The predicted octanol–water partition coefficient (Wildman–Crippen LogP) is 3.57. The second kappa shape index (κ2) is 6.07. The summed E-state index contributed by atoms with van der Waals surface area (Å²) in [6, 6.07) is 14.7. The van der Waals surface area contributed by atoms with Gasteiger partial charge in [0.25, 0.3) is 0 Å². The molecule has 2 aromatic carbocycles. The van der Waals surface area contributed by atoms with Crippen LogP contribution >= 0.6 is 0 Å². The zero-order valence-corrected chi connectivity index (χ0v) is 13.3.